The molecule has 0 unspecified atom stereocenters. The van der Waals surface area contributed by atoms with E-state index in [9.17, 15) is 4.79 Å². The molecule has 2 aromatic rings. The molecule has 2 aliphatic rings. The van der Waals surface area contributed by atoms with Gasteiger partial charge in [0.25, 0.3) is 0 Å². The predicted octanol–water partition coefficient (Wildman–Crippen LogP) is 6.09. The van der Waals surface area contributed by atoms with Gasteiger partial charge < -0.3 is 10.1 Å². The number of benzene rings is 2. The fraction of sp³-hybridized carbons (Fsp3) is 0.536. The van der Waals surface area contributed by atoms with Gasteiger partial charge in [0, 0.05) is 18.3 Å². The Morgan fingerprint density at radius 1 is 1.06 bits per heavy atom. The zero-order chi connectivity index (χ0) is 22.4. The first-order valence-electron chi connectivity index (χ1n) is 12.4. The molecule has 2 fully saturated rings. The van der Waals surface area contributed by atoms with Crippen LogP contribution < -0.4 is 10.1 Å². The van der Waals surface area contributed by atoms with Crippen LogP contribution in [0, 0.1) is 6.92 Å². The topological polar surface area (TPSA) is 41.6 Å². The lowest BCUT2D eigenvalue weighted by Crippen LogP contribution is -2.42. The van der Waals surface area contributed by atoms with E-state index in [1.165, 1.54) is 37.8 Å². The average molecular weight is 435 g/mol. The summed E-state index contributed by atoms with van der Waals surface area (Å²) in [6.07, 6.45) is 9.17. The first-order valence-corrected chi connectivity index (χ1v) is 12.4. The Kier molecular flexibility index (Phi) is 7.51. The molecule has 1 aliphatic carbocycles. The van der Waals surface area contributed by atoms with Gasteiger partial charge in [-0.25, -0.2) is 0 Å². The van der Waals surface area contributed by atoms with Crippen LogP contribution in [0.1, 0.15) is 69.4 Å². The maximum atomic E-state index is 13.5. The molecule has 1 heterocycles. The van der Waals surface area contributed by atoms with E-state index in [-0.39, 0.29) is 5.91 Å². The van der Waals surface area contributed by atoms with Crippen molar-refractivity contribution >= 4 is 11.6 Å². The molecule has 0 spiro atoms. The van der Waals surface area contributed by atoms with Crippen LogP contribution in [0.2, 0.25) is 0 Å². The first kappa shape index (κ1) is 22.8. The third-order valence-corrected chi connectivity index (χ3v) is 7.41. The van der Waals surface area contributed by atoms with E-state index >= 15 is 0 Å². The lowest BCUT2D eigenvalue weighted by atomic mass is 9.68. The van der Waals surface area contributed by atoms with Gasteiger partial charge in [-0.05, 0) is 75.9 Å². The van der Waals surface area contributed by atoms with Crippen LogP contribution in [-0.2, 0) is 10.2 Å². The number of hydrogen-bond donors (Lipinski definition) is 1. The molecular formula is C28H38N2O2. The molecule has 1 saturated carbocycles. The molecule has 0 bridgehead atoms. The highest BCUT2D eigenvalue weighted by Gasteiger charge is 2.41. The van der Waals surface area contributed by atoms with E-state index in [0.29, 0.717) is 12.6 Å². The van der Waals surface area contributed by atoms with Crippen molar-refractivity contribution in [3.63, 3.8) is 0 Å². The minimum atomic E-state index is -0.426. The summed E-state index contributed by atoms with van der Waals surface area (Å²) < 4.78 is 5.98. The molecule has 172 valence electrons. The van der Waals surface area contributed by atoms with Gasteiger partial charge in [0.1, 0.15) is 12.4 Å². The lowest BCUT2D eigenvalue weighted by molar-refractivity contribution is -0.122. The van der Waals surface area contributed by atoms with Crippen molar-refractivity contribution in [2.24, 2.45) is 0 Å². The molecule has 0 aromatic heterocycles. The van der Waals surface area contributed by atoms with Crippen molar-refractivity contribution in [1.82, 2.24) is 4.90 Å². The van der Waals surface area contributed by atoms with Crippen molar-refractivity contribution < 1.29 is 9.53 Å². The number of carbonyl (C=O) groups is 1. The Morgan fingerprint density at radius 2 is 1.84 bits per heavy atom. The second-order valence-corrected chi connectivity index (χ2v) is 9.72. The maximum absolute atomic E-state index is 13.5. The molecule has 2 aromatic carbocycles. The van der Waals surface area contributed by atoms with Crippen molar-refractivity contribution in [2.75, 3.05) is 25.0 Å². The second-order valence-electron chi connectivity index (χ2n) is 9.72. The summed E-state index contributed by atoms with van der Waals surface area (Å²) in [5, 5.41) is 3.21. The summed E-state index contributed by atoms with van der Waals surface area (Å²) in [6, 6.07) is 17.0. The Hall–Kier alpha value is -2.33. The van der Waals surface area contributed by atoms with E-state index in [2.05, 4.69) is 48.3 Å². The standard InChI is InChI=1S/C28H38N2O2/c1-22-9-8-11-24(21-22)28(16-5-3-6-17-28)27(31)29-25-12-14-26(15-13-25)32-20-19-30-18-7-4-10-23(30)2/h8-9,11-15,21,23H,3-7,10,16-20H2,1-2H3,(H,29,31)/t23-/m0/s1. The van der Waals surface area contributed by atoms with Crippen LogP contribution in [0.3, 0.4) is 0 Å². The largest absolute Gasteiger partial charge is 0.492 e. The van der Waals surface area contributed by atoms with Gasteiger partial charge in [0.2, 0.25) is 5.91 Å². The number of ether oxygens (including phenoxy) is 1. The lowest BCUT2D eigenvalue weighted by Gasteiger charge is -2.36. The molecule has 0 radical (unpaired) electrons. The van der Waals surface area contributed by atoms with Crippen molar-refractivity contribution in [3.05, 3.63) is 59.7 Å². The normalized spacial score (nSPS) is 21.1. The Bertz CT molecular complexity index is 887. The van der Waals surface area contributed by atoms with Crippen LogP contribution in [-0.4, -0.2) is 36.5 Å². The van der Waals surface area contributed by atoms with Crippen LogP contribution in [0.4, 0.5) is 5.69 Å². The van der Waals surface area contributed by atoms with Gasteiger partial charge in [-0.15, -0.1) is 0 Å². The van der Waals surface area contributed by atoms with Gasteiger partial charge in [-0.2, -0.15) is 0 Å². The van der Waals surface area contributed by atoms with Gasteiger partial charge >= 0.3 is 0 Å². The molecule has 1 atom stereocenters. The zero-order valence-corrected chi connectivity index (χ0v) is 19.7. The minimum Gasteiger partial charge on any atom is -0.492 e. The summed E-state index contributed by atoms with van der Waals surface area (Å²) in [5.41, 5.74) is 2.77. The van der Waals surface area contributed by atoms with Gasteiger partial charge in [-0.1, -0.05) is 55.5 Å². The smallest absolute Gasteiger partial charge is 0.235 e. The molecule has 1 N–H and O–H groups in total. The molecular weight excluding hydrogens is 396 g/mol. The van der Waals surface area contributed by atoms with Crippen molar-refractivity contribution in [3.8, 4) is 5.75 Å². The number of hydrogen-bond acceptors (Lipinski definition) is 3. The fourth-order valence-electron chi connectivity index (χ4n) is 5.40. The molecule has 1 saturated heterocycles. The van der Waals surface area contributed by atoms with Crippen LogP contribution in [0.15, 0.2) is 48.5 Å². The molecule has 1 aliphatic heterocycles. The van der Waals surface area contributed by atoms with Crippen LogP contribution in [0.5, 0.6) is 5.75 Å². The van der Waals surface area contributed by atoms with Crippen molar-refractivity contribution in [1.29, 1.82) is 0 Å². The second kappa shape index (κ2) is 10.5. The predicted molar refractivity (Wildman–Crippen MR) is 131 cm³/mol. The summed E-state index contributed by atoms with van der Waals surface area (Å²) in [6.45, 7) is 7.26. The molecule has 4 nitrogen and oxygen atoms in total. The SMILES string of the molecule is Cc1cccc(C2(C(=O)Nc3ccc(OCCN4CCCC[C@@H]4C)cc3)CCCCC2)c1. The third kappa shape index (κ3) is 5.35. The van der Waals surface area contributed by atoms with Gasteiger partial charge in [-0.3, -0.25) is 9.69 Å². The van der Waals surface area contributed by atoms with Gasteiger partial charge in [0.05, 0.1) is 5.41 Å². The van der Waals surface area contributed by atoms with E-state index < -0.39 is 5.41 Å². The quantitative estimate of drug-likeness (QED) is 0.573. The number of carbonyl (C=O) groups excluding carboxylic acids is 1. The Morgan fingerprint density at radius 3 is 2.56 bits per heavy atom. The number of aryl methyl sites for hydroxylation is 1. The average Bonchev–Trinajstić information content (AvgIpc) is 2.82. The molecule has 4 rings (SSSR count). The number of piperidine rings is 1. The van der Waals surface area contributed by atoms with Gasteiger partial charge in [0.15, 0.2) is 0 Å². The molecule has 1 amide bonds. The summed E-state index contributed by atoms with van der Waals surface area (Å²) in [5.74, 6) is 0.981. The zero-order valence-electron chi connectivity index (χ0n) is 19.7. The number of likely N-dealkylation sites (tertiary alicyclic amines) is 1. The molecule has 4 heteroatoms. The molecule has 32 heavy (non-hydrogen) atoms. The van der Waals surface area contributed by atoms with Crippen LogP contribution in [0.25, 0.3) is 0 Å². The van der Waals surface area contributed by atoms with E-state index in [4.69, 9.17) is 4.74 Å². The number of anilines is 1. The van der Waals surface area contributed by atoms with Crippen LogP contribution >= 0.6 is 0 Å². The Balaban J connectivity index is 1.37. The summed E-state index contributed by atoms with van der Waals surface area (Å²) >= 11 is 0. The first-order chi connectivity index (χ1) is 15.6. The van der Waals surface area contributed by atoms with E-state index in [0.717, 1.165) is 49.2 Å². The van der Waals surface area contributed by atoms with E-state index in [1.54, 1.807) is 0 Å². The number of rotatable bonds is 7. The summed E-state index contributed by atoms with van der Waals surface area (Å²) in [7, 11) is 0. The highest BCUT2D eigenvalue weighted by molar-refractivity contribution is 5.99. The number of nitrogens with one attached hydrogen (secondary N) is 1. The fourth-order valence-corrected chi connectivity index (χ4v) is 5.40. The van der Waals surface area contributed by atoms with E-state index in [1.807, 2.05) is 24.3 Å². The number of nitrogens with zero attached hydrogens (tertiary/aromatic N) is 1. The maximum Gasteiger partial charge on any atom is 0.235 e. The monoisotopic (exact) mass is 434 g/mol. The minimum absolute atomic E-state index is 0.121. The van der Waals surface area contributed by atoms with Crippen molar-refractivity contribution in [2.45, 2.75) is 76.7 Å². The highest BCUT2D eigenvalue weighted by Crippen LogP contribution is 2.40. The number of amides is 1. The third-order valence-electron chi connectivity index (χ3n) is 7.41. The highest BCUT2D eigenvalue weighted by atomic mass is 16.5. The summed E-state index contributed by atoms with van der Waals surface area (Å²) in [4.78, 5) is 16.0. The Labute approximate surface area is 193 Å².